The largest absolute Gasteiger partial charge is 0.490 e. The van der Waals surface area contributed by atoms with Crippen LogP contribution in [-0.4, -0.2) is 128 Å². The van der Waals surface area contributed by atoms with Crippen LogP contribution in [0.5, 0.6) is 5.75 Å². The molecule has 5 aliphatic rings. The summed E-state index contributed by atoms with van der Waals surface area (Å²) in [7, 11) is -2.02. The summed E-state index contributed by atoms with van der Waals surface area (Å²) in [4.78, 5) is 53.1. The average molecular weight is 832 g/mol. The number of carbonyl (C=O) groups is 3. The number of amides is 3. The van der Waals surface area contributed by atoms with E-state index in [4.69, 9.17) is 10.5 Å². The Kier molecular flexibility index (Phi) is 12.5. The first-order valence-electron chi connectivity index (χ1n) is 19.7. The van der Waals surface area contributed by atoms with E-state index in [1.807, 2.05) is 6.07 Å². The van der Waals surface area contributed by atoms with Gasteiger partial charge in [0.25, 0.3) is 5.91 Å². The van der Waals surface area contributed by atoms with Gasteiger partial charge in [0.15, 0.2) is 0 Å². The Hall–Kier alpha value is -4.50. The summed E-state index contributed by atoms with van der Waals surface area (Å²) in [5, 5.41) is 5.43. The number of fused-ring (bicyclic) bond motifs is 1. The summed E-state index contributed by atoms with van der Waals surface area (Å²) < 4.78 is 75.8. The Morgan fingerprint density at radius 1 is 1.05 bits per heavy atom. The summed E-state index contributed by atoms with van der Waals surface area (Å²) in [5.41, 5.74) is 5.47. The fraction of sp³-hybridized carbons (Fsp3) is 0.579. The molecule has 0 saturated carbocycles. The van der Waals surface area contributed by atoms with E-state index in [-0.39, 0.29) is 54.1 Å². The molecule has 2 unspecified atom stereocenters. The molecule has 5 aliphatic heterocycles. The number of allylic oxidation sites excluding steroid dienone is 1. The third-order valence-electron chi connectivity index (χ3n) is 11.7. The topological polar surface area (TPSA) is 199 Å². The lowest BCUT2D eigenvalue weighted by Gasteiger charge is -2.38. The van der Waals surface area contributed by atoms with E-state index in [9.17, 15) is 36.3 Å². The van der Waals surface area contributed by atoms with Gasteiger partial charge in [-0.1, -0.05) is 14.7 Å². The summed E-state index contributed by atoms with van der Waals surface area (Å²) in [6.07, 6.45) is 2.85. The van der Waals surface area contributed by atoms with Crippen molar-refractivity contribution in [2.45, 2.75) is 82.3 Å². The van der Waals surface area contributed by atoms with Crippen molar-refractivity contribution >= 4 is 46.0 Å². The molecule has 1 aromatic carbocycles. The average Bonchev–Trinajstić information content (AvgIpc) is 3.54. The van der Waals surface area contributed by atoms with Crippen LogP contribution in [0.4, 0.5) is 19.1 Å². The lowest BCUT2D eigenvalue weighted by Crippen LogP contribution is -2.55. The number of benzene rings is 1. The predicted molar refractivity (Wildman–Crippen MR) is 209 cm³/mol. The van der Waals surface area contributed by atoms with Gasteiger partial charge in [0.2, 0.25) is 17.8 Å². The van der Waals surface area contributed by atoms with Crippen LogP contribution in [0.3, 0.4) is 0 Å². The lowest BCUT2D eigenvalue weighted by atomic mass is 9.96. The Labute approximate surface area is 336 Å². The van der Waals surface area contributed by atoms with E-state index in [2.05, 4.69) is 30.5 Å². The predicted octanol–water partition coefficient (Wildman–Crippen LogP) is 3.19. The highest BCUT2D eigenvalue weighted by atomic mass is 32.3. The molecule has 4 saturated heterocycles. The molecule has 3 amide bonds. The van der Waals surface area contributed by atoms with E-state index < -0.39 is 34.3 Å². The van der Waals surface area contributed by atoms with Crippen LogP contribution < -0.4 is 21.1 Å². The molecule has 6 heterocycles. The molecule has 0 radical (unpaired) electrons. The van der Waals surface area contributed by atoms with E-state index >= 15 is 0 Å². The van der Waals surface area contributed by atoms with Gasteiger partial charge in [0.1, 0.15) is 23.5 Å². The van der Waals surface area contributed by atoms with Crippen molar-refractivity contribution in [1.29, 1.82) is 0 Å². The molecule has 0 aliphatic carbocycles. The molecular weight excluding hydrogens is 782 g/mol. The fourth-order valence-electron chi connectivity index (χ4n) is 8.54. The van der Waals surface area contributed by atoms with Gasteiger partial charge >= 0.3 is 16.8 Å². The van der Waals surface area contributed by atoms with Crippen LogP contribution in [0.2, 0.25) is 0 Å². The van der Waals surface area contributed by atoms with Crippen LogP contribution in [-0.2, 0) is 37.1 Å². The monoisotopic (exact) mass is 831 g/mol. The number of aromatic nitrogens is 2. The summed E-state index contributed by atoms with van der Waals surface area (Å²) >= 11 is 0. The smallest absolute Gasteiger partial charge is 0.419 e. The van der Waals surface area contributed by atoms with Crippen molar-refractivity contribution in [2.24, 2.45) is 16.6 Å². The van der Waals surface area contributed by atoms with E-state index in [0.717, 1.165) is 63.3 Å². The first-order chi connectivity index (χ1) is 27.7. The number of ether oxygens (including phenoxy) is 1. The van der Waals surface area contributed by atoms with Crippen molar-refractivity contribution in [3.63, 3.8) is 0 Å². The van der Waals surface area contributed by atoms with Crippen LogP contribution in [0.1, 0.15) is 78.5 Å². The molecule has 0 spiro atoms. The number of hydrogen-bond acceptors (Lipinski definition) is 11. The standard InChI is InChI=1S/C38H49F3N10O6S/c1-43-20-25(19-42)34-30(38(39,40)41)21-44-37(47-34)45-26-9-17-50(18-10-26)58(55,56)49-15-7-24(8-16-49)22-48-13-11-27(12-14-48)57-32-4-2-3-28-29(32)23-51(36(28)54)31-5-6-33(52)46-35(31)53/h2-4,19-21,24,26-27,31H,5-18,22-23H2,1H3,(H4-,42,43,44,45,46,47,52,53,55,56)/p+1. The Morgan fingerprint density at radius 3 is 2.38 bits per heavy atom. The molecule has 2 atom stereocenters. The maximum Gasteiger partial charge on any atom is 0.419 e. The van der Waals surface area contributed by atoms with Gasteiger partial charge in [-0.15, -0.1) is 0 Å². The maximum atomic E-state index is 13.8. The van der Waals surface area contributed by atoms with Gasteiger partial charge < -0.3 is 25.6 Å². The van der Waals surface area contributed by atoms with Gasteiger partial charge in [-0.25, -0.2) is 9.97 Å². The molecule has 7 rings (SSSR count). The van der Waals surface area contributed by atoms with Crippen LogP contribution in [0.25, 0.3) is 5.57 Å². The number of imide groups is 1. The minimum absolute atomic E-state index is 0.00363. The molecule has 0 bridgehead atoms. The first-order valence-corrected chi connectivity index (χ1v) is 21.2. The van der Waals surface area contributed by atoms with Crippen LogP contribution >= 0.6 is 0 Å². The zero-order valence-corrected chi connectivity index (χ0v) is 33.1. The summed E-state index contributed by atoms with van der Waals surface area (Å²) in [6, 6.07) is 4.52. The Bertz CT molecular complexity index is 1980. The van der Waals surface area contributed by atoms with Gasteiger partial charge in [-0.3, -0.25) is 24.7 Å². The fourth-order valence-corrected chi connectivity index (χ4v) is 10.2. The number of rotatable bonds is 11. The van der Waals surface area contributed by atoms with E-state index in [1.54, 1.807) is 20.7 Å². The number of halogens is 3. The Balaban J connectivity index is 0.848. The highest BCUT2D eigenvalue weighted by molar-refractivity contribution is 7.93. The zero-order valence-electron chi connectivity index (χ0n) is 32.3. The van der Waals surface area contributed by atoms with Crippen LogP contribution in [0, 0.1) is 5.92 Å². The van der Waals surface area contributed by atoms with Crippen molar-refractivity contribution in [2.75, 3.05) is 58.2 Å². The zero-order chi connectivity index (χ0) is 41.2. The van der Waals surface area contributed by atoms with E-state index in [1.165, 1.54) is 18.2 Å². The number of likely N-dealkylation sites (tertiary alicyclic amines) is 1. The van der Waals surface area contributed by atoms with Gasteiger partial charge in [-0.2, -0.15) is 17.7 Å². The Morgan fingerprint density at radius 2 is 1.74 bits per heavy atom. The van der Waals surface area contributed by atoms with Gasteiger partial charge in [-0.05, 0) is 67.2 Å². The van der Waals surface area contributed by atoms with Crippen molar-refractivity contribution in [3.8, 4) is 5.75 Å². The summed E-state index contributed by atoms with van der Waals surface area (Å²) in [6.45, 7) is 4.45. The molecule has 20 heteroatoms. The number of aliphatic imine (C=N–C) groups is 1. The maximum absolute atomic E-state index is 13.8. The highest BCUT2D eigenvalue weighted by Crippen LogP contribution is 2.36. The number of carbonyl (C=O) groups excluding carboxylic acids is 3. The SMILES string of the molecule is CN=C/C(=C\N)c1nc(NC2CCN([S+](=O)(O)N3CCC(CN4CCC(Oc5cccc6c5CN(C5CCC(=O)NC5=O)C6=O)CC4)CC3)CC2)ncc1C(F)(F)F. The molecule has 314 valence electrons. The molecule has 2 aromatic rings. The second-order valence-electron chi connectivity index (χ2n) is 15.5. The third kappa shape index (κ3) is 9.05. The number of nitrogens with zero attached hydrogens (tertiary/aromatic N) is 7. The second kappa shape index (κ2) is 17.4. The number of hydrogen-bond donors (Lipinski definition) is 4. The van der Waals surface area contributed by atoms with Crippen molar-refractivity contribution < 1.29 is 41.1 Å². The van der Waals surface area contributed by atoms with E-state index in [0.29, 0.717) is 62.7 Å². The first kappa shape index (κ1) is 41.7. The highest BCUT2D eigenvalue weighted by Gasteiger charge is 2.47. The second-order valence-corrected chi connectivity index (χ2v) is 17.4. The minimum Gasteiger partial charge on any atom is -0.490 e. The normalized spacial score (nSPS) is 23.9. The number of anilines is 1. The van der Waals surface area contributed by atoms with Gasteiger partial charge in [0, 0.05) is 87.5 Å². The number of alkyl halides is 3. The molecular formula is C38H50F3N10O6S+. The number of piperidine rings is 4. The molecule has 5 N–H and O–H groups in total. The minimum atomic E-state index is -4.69. The molecule has 1 aromatic heterocycles. The molecule has 4 fully saturated rings. The lowest BCUT2D eigenvalue weighted by molar-refractivity contribution is -0.138. The number of nitrogens with two attached hydrogens (primary N) is 1. The van der Waals surface area contributed by atoms with Crippen molar-refractivity contribution in [1.82, 2.24) is 33.7 Å². The summed E-state index contributed by atoms with van der Waals surface area (Å²) in [5.74, 6) is 0.0438. The van der Waals surface area contributed by atoms with Crippen LogP contribution in [0.15, 0.2) is 35.6 Å². The van der Waals surface area contributed by atoms with Gasteiger partial charge in [0.05, 0.1) is 25.3 Å². The van der Waals surface area contributed by atoms with Crippen molar-refractivity contribution in [3.05, 3.63) is 53.0 Å². The molecule has 58 heavy (non-hydrogen) atoms. The quantitative estimate of drug-likeness (QED) is 0.147. The third-order valence-corrected chi connectivity index (χ3v) is 13.8. The molecule has 16 nitrogen and oxygen atoms in total. The number of nitrogens with one attached hydrogen (secondary N) is 2.